The van der Waals surface area contributed by atoms with Gasteiger partial charge in [-0.25, -0.2) is 0 Å². The molecule has 1 saturated heterocycles. The molecule has 1 aliphatic heterocycles. The molecule has 2 aromatic rings. The highest BCUT2D eigenvalue weighted by Crippen LogP contribution is 2.24. The number of nitrogens with zero attached hydrogens (tertiary/aromatic N) is 3. The van der Waals surface area contributed by atoms with Crippen molar-refractivity contribution in [2.24, 2.45) is 5.11 Å². The second kappa shape index (κ2) is 10.1. The molecule has 0 saturated carbocycles. The van der Waals surface area contributed by atoms with E-state index < -0.39 is 24.4 Å². The van der Waals surface area contributed by atoms with Gasteiger partial charge in [0.2, 0.25) is 0 Å². The van der Waals surface area contributed by atoms with Crippen LogP contribution in [-0.4, -0.2) is 42.7 Å². The molecule has 0 aliphatic carbocycles. The predicted molar refractivity (Wildman–Crippen MR) is 99.8 cm³/mol. The first-order chi connectivity index (χ1) is 13.3. The van der Waals surface area contributed by atoms with Gasteiger partial charge in [-0.1, -0.05) is 65.8 Å². The molecule has 7 nitrogen and oxygen atoms in total. The lowest BCUT2D eigenvalue weighted by molar-refractivity contribution is -0.222. The van der Waals surface area contributed by atoms with E-state index in [1.165, 1.54) is 0 Å². The molecule has 1 fully saturated rings. The van der Waals surface area contributed by atoms with Gasteiger partial charge in [-0.3, -0.25) is 0 Å². The van der Waals surface area contributed by atoms with Crippen LogP contribution in [0.25, 0.3) is 10.4 Å². The van der Waals surface area contributed by atoms with Crippen molar-refractivity contribution in [3.63, 3.8) is 0 Å². The van der Waals surface area contributed by atoms with Crippen molar-refractivity contribution in [1.29, 1.82) is 0 Å². The third-order valence-corrected chi connectivity index (χ3v) is 4.45. The van der Waals surface area contributed by atoms with Crippen molar-refractivity contribution in [2.45, 2.75) is 37.6 Å². The van der Waals surface area contributed by atoms with Gasteiger partial charge >= 0.3 is 0 Å². The van der Waals surface area contributed by atoms with Crippen LogP contribution in [0.2, 0.25) is 0 Å². The molecule has 0 bridgehead atoms. The monoisotopic (exact) mass is 369 g/mol. The van der Waals surface area contributed by atoms with E-state index in [4.69, 9.17) is 19.7 Å². The van der Waals surface area contributed by atoms with Crippen LogP contribution in [0.4, 0.5) is 0 Å². The molecule has 3 rings (SSSR count). The summed E-state index contributed by atoms with van der Waals surface area (Å²) in [5.74, 6) is 0. The van der Waals surface area contributed by atoms with E-state index in [0.717, 1.165) is 11.1 Å². The SMILES string of the molecule is [N-]=[N+]=NC[C@H]1OC[C@@H](O)[C@@H](OCc2ccccc2)[C@H]1OCc1ccccc1. The molecule has 0 unspecified atom stereocenters. The first-order valence-corrected chi connectivity index (χ1v) is 8.89. The minimum atomic E-state index is -0.822. The molecule has 1 aliphatic rings. The van der Waals surface area contributed by atoms with E-state index in [1.54, 1.807) is 0 Å². The molecular formula is C20H23N3O4. The van der Waals surface area contributed by atoms with Crippen LogP contribution in [0, 0.1) is 0 Å². The molecule has 142 valence electrons. The Labute approximate surface area is 158 Å². The average Bonchev–Trinajstić information content (AvgIpc) is 2.72. The van der Waals surface area contributed by atoms with Gasteiger partial charge in [-0.2, -0.15) is 0 Å². The number of aliphatic hydroxyl groups is 1. The Morgan fingerprint density at radius 1 is 0.963 bits per heavy atom. The highest BCUT2D eigenvalue weighted by atomic mass is 16.6. The minimum absolute atomic E-state index is 0.107. The maximum Gasteiger partial charge on any atom is 0.115 e. The third-order valence-electron chi connectivity index (χ3n) is 4.45. The number of hydrogen-bond donors (Lipinski definition) is 1. The van der Waals surface area contributed by atoms with Crippen LogP contribution in [0.15, 0.2) is 65.8 Å². The zero-order valence-electron chi connectivity index (χ0n) is 14.9. The van der Waals surface area contributed by atoms with Crippen molar-refractivity contribution in [3.05, 3.63) is 82.2 Å². The number of rotatable bonds is 8. The summed E-state index contributed by atoms with van der Waals surface area (Å²) in [6, 6.07) is 19.5. The summed E-state index contributed by atoms with van der Waals surface area (Å²) in [5.41, 5.74) is 10.6. The highest BCUT2D eigenvalue weighted by molar-refractivity contribution is 5.14. The van der Waals surface area contributed by atoms with Gasteiger partial charge < -0.3 is 19.3 Å². The van der Waals surface area contributed by atoms with Gasteiger partial charge in [0.05, 0.1) is 32.5 Å². The number of aliphatic hydroxyl groups excluding tert-OH is 1. The fourth-order valence-corrected chi connectivity index (χ4v) is 3.06. The normalized spacial score (nSPS) is 24.9. The van der Waals surface area contributed by atoms with Crippen molar-refractivity contribution in [2.75, 3.05) is 13.2 Å². The summed E-state index contributed by atoms with van der Waals surface area (Å²) in [5, 5.41) is 14.0. The van der Waals surface area contributed by atoms with E-state index in [1.807, 2.05) is 60.7 Å². The molecule has 27 heavy (non-hydrogen) atoms. The molecule has 1 heterocycles. The summed E-state index contributed by atoms with van der Waals surface area (Å²) < 4.78 is 17.7. The second-order valence-corrected chi connectivity index (χ2v) is 6.38. The maximum atomic E-state index is 10.4. The molecule has 0 amide bonds. The summed E-state index contributed by atoms with van der Waals surface area (Å²) in [6.45, 7) is 0.922. The van der Waals surface area contributed by atoms with E-state index in [-0.39, 0.29) is 13.2 Å². The van der Waals surface area contributed by atoms with Crippen LogP contribution in [-0.2, 0) is 27.4 Å². The van der Waals surface area contributed by atoms with E-state index in [2.05, 4.69) is 10.0 Å². The summed E-state index contributed by atoms with van der Waals surface area (Å²) in [7, 11) is 0. The fraction of sp³-hybridized carbons (Fsp3) is 0.400. The van der Waals surface area contributed by atoms with Gasteiger partial charge in [0.1, 0.15) is 18.3 Å². The van der Waals surface area contributed by atoms with Gasteiger partial charge in [0, 0.05) is 4.91 Å². The lowest BCUT2D eigenvalue weighted by Gasteiger charge is -2.40. The summed E-state index contributed by atoms with van der Waals surface area (Å²) in [4.78, 5) is 2.81. The molecule has 2 aromatic carbocycles. The van der Waals surface area contributed by atoms with E-state index >= 15 is 0 Å². The predicted octanol–water partition coefficient (Wildman–Crippen LogP) is 3.23. The summed E-state index contributed by atoms with van der Waals surface area (Å²) >= 11 is 0. The van der Waals surface area contributed by atoms with Crippen molar-refractivity contribution < 1.29 is 19.3 Å². The first kappa shape index (κ1) is 19.4. The zero-order chi connectivity index (χ0) is 18.9. The standard InChI is InChI=1S/C20H23N3O4/c21-23-22-11-18-20(27-13-16-9-5-2-6-10-16)19(17(24)14-25-18)26-12-15-7-3-1-4-8-15/h1-10,17-20,24H,11-14H2/t17-,18-,19-,20+/m1/s1. The molecule has 7 heteroatoms. The van der Waals surface area contributed by atoms with Gasteiger partial charge in [0.25, 0.3) is 0 Å². The van der Waals surface area contributed by atoms with Crippen LogP contribution >= 0.6 is 0 Å². The number of ether oxygens (including phenoxy) is 3. The maximum absolute atomic E-state index is 10.4. The molecular weight excluding hydrogens is 346 g/mol. The smallest absolute Gasteiger partial charge is 0.115 e. The Balaban J connectivity index is 1.71. The number of hydrogen-bond acceptors (Lipinski definition) is 5. The van der Waals surface area contributed by atoms with Gasteiger partial charge in [0.15, 0.2) is 0 Å². The molecule has 0 aromatic heterocycles. The summed E-state index contributed by atoms with van der Waals surface area (Å²) in [6.07, 6.45) is -2.43. The van der Waals surface area contributed by atoms with Gasteiger partial charge in [-0.05, 0) is 16.7 Å². The third kappa shape index (κ3) is 5.53. The Bertz CT molecular complexity index is 737. The Morgan fingerprint density at radius 3 is 2.07 bits per heavy atom. The zero-order valence-corrected chi connectivity index (χ0v) is 14.9. The quantitative estimate of drug-likeness (QED) is 0.439. The minimum Gasteiger partial charge on any atom is -0.388 e. The van der Waals surface area contributed by atoms with Crippen LogP contribution in [0.1, 0.15) is 11.1 Å². The second-order valence-electron chi connectivity index (χ2n) is 6.38. The Kier molecular flexibility index (Phi) is 7.21. The van der Waals surface area contributed by atoms with E-state index in [9.17, 15) is 5.11 Å². The van der Waals surface area contributed by atoms with Crippen LogP contribution < -0.4 is 0 Å². The lowest BCUT2D eigenvalue weighted by atomic mass is 9.99. The molecule has 4 atom stereocenters. The Morgan fingerprint density at radius 2 is 1.52 bits per heavy atom. The molecule has 1 N–H and O–H groups in total. The lowest BCUT2D eigenvalue weighted by Crippen LogP contribution is -2.56. The molecule has 0 spiro atoms. The van der Waals surface area contributed by atoms with Crippen molar-refractivity contribution >= 4 is 0 Å². The van der Waals surface area contributed by atoms with Crippen LogP contribution in [0.5, 0.6) is 0 Å². The number of benzene rings is 2. The van der Waals surface area contributed by atoms with Crippen molar-refractivity contribution in [3.8, 4) is 0 Å². The molecule has 0 radical (unpaired) electrons. The Hall–Kier alpha value is -2.41. The topological polar surface area (TPSA) is 96.7 Å². The van der Waals surface area contributed by atoms with E-state index in [0.29, 0.717) is 13.2 Å². The first-order valence-electron chi connectivity index (χ1n) is 8.89. The largest absolute Gasteiger partial charge is 0.388 e. The fourth-order valence-electron chi connectivity index (χ4n) is 3.06. The van der Waals surface area contributed by atoms with Crippen LogP contribution in [0.3, 0.4) is 0 Å². The highest BCUT2D eigenvalue weighted by Gasteiger charge is 2.41. The van der Waals surface area contributed by atoms with Gasteiger partial charge in [-0.15, -0.1) is 0 Å². The average molecular weight is 369 g/mol. The number of azide groups is 1. The van der Waals surface area contributed by atoms with Crippen molar-refractivity contribution in [1.82, 2.24) is 0 Å².